The molecule has 0 radical (unpaired) electrons. The summed E-state index contributed by atoms with van der Waals surface area (Å²) in [5, 5.41) is 10.2. The molecule has 0 heterocycles. The molecule has 1 aromatic rings. The maximum absolute atomic E-state index is 11.8. The minimum atomic E-state index is -0.242. The zero-order valence-corrected chi connectivity index (χ0v) is 15.5. The van der Waals surface area contributed by atoms with E-state index in [0.29, 0.717) is 38.4 Å². The quantitative estimate of drug-likeness (QED) is 0.553. The van der Waals surface area contributed by atoms with Crippen LogP contribution in [0.3, 0.4) is 0 Å². The van der Waals surface area contributed by atoms with Gasteiger partial charge in [0.1, 0.15) is 12.4 Å². The highest BCUT2D eigenvalue weighted by Gasteiger charge is 2.20. The normalized spacial score (nSPS) is 11.5. The first kappa shape index (κ1) is 20.5. The predicted molar refractivity (Wildman–Crippen MR) is 93.5 cm³/mol. The van der Waals surface area contributed by atoms with Crippen molar-refractivity contribution in [3.05, 3.63) is 28.8 Å². The molecule has 1 N–H and O–H groups in total. The summed E-state index contributed by atoms with van der Waals surface area (Å²) in [4.78, 5) is 11.8. The number of rotatable bonds is 9. The fourth-order valence-electron chi connectivity index (χ4n) is 2.35. The van der Waals surface area contributed by atoms with Crippen molar-refractivity contribution in [2.45, 2.75) is 46.0 Å². The molecule has 1 aromatic carbocycles. The summed E-state index contributed by atoms with van der Waals surface area (Å²) >= 11 is 0. The number of hydrogen-bond donors (Lipinski definition) is 1. The smallest absolute Gasteiger partial charge is 0.306 e. The van der Waals surface area contributed by atoms with Gasteiger partial charge in [0.15, 0.2) is 0 Å². The number of esters is 1. The molecule has 0 unspecified atom stereocenters. The van der Waals surface area contributed by atoms with Gasteiger partial charge in [0.2, 0.25) is 0 Å². The van der Waals surface area contributed by atoms with Crippen LogP contribution in [0, 0.1) is 6.92 Å². The van der Waals surface area contributed by atoms with Crippen molar-refractivity contribution in [2.75, 3.05) is 33.5 Å². The van der Waals surface area contributed by atoms with Crippen molar-refractivity contribution in [3.8, 4) is 5.75 Å². The van der Waals surface area contributed by atoms with E-state index < -0.39 is 0 Å². The second kappa shape index (κ2) is 9.64. The zero-order chi connectivity index (χ0) is 18.2. The molecule has 0 bridgehead atoms. The molecule has 0 aliphatic carbocycles. The molecule has 0 atom stereocenters. The number of phenols is 1. The van der Waals surface area contributed by atoms with Gasteiger partial charge < -0.3 is 19.3 Å². The topological polar surface area (TPSA) is 65.0 Å². The van der Waals surface area contributed by atoms with Gasteiger partial charge in [-0.2, -0.15) is 0 Å². The van der Waals surface area contributed by atoms with Gasteiger partial charge in [-0.25, -0.2) is 0 Å². The third-order valence-electron chi connectivity index (χ3n) is 3.71. The Morgan fingerprint density at radius 3 is 2.42 bits per heavy atom. The van der Waals surface area contributed by atoms with Gasteiger partial charge >= 0.3 is 5.97 Å². The highest BCUT2D eigenvalue weighted by atomic mass is 16.6. The van der Waals surface area contributed by atoms with Gasteiger partial charge in [0.05, 0.1) is 19.8 Å². The number of benzene rings is 1. The first-order valence-electron chi connectivity index (χ1n) is 8.31. The lowest BCUT2D eigenvalue weighted by atomic mass is 9.83. The predicted octanol–water partition coefficient (Wildman–Crippen LogP) is 3.14. The molecule has 0 amide bonds. The summed E-state index contributed by atoms with van der Waals surface area (Å²) in [5.74, 6) is 0.0930. The summed E-state index contributed by atoms with van der Waals surface area (Å²) in [5.41, 5.74) is 2.61. The van der Waals surface area contributed by atoms with Crippen LogP contribution < -0.4 is 0 Å². The van der Waals surface area contributed by atoms with Crippen LogP contribution in [0.4, 0.5) is 0 Å². The number of ether oxygens (including phenoxy) is 3. The van der Waals surface area contributed by atoms with Gasteiger partial charge in [-0.05, 0) is 35.4 Å². The van der Waals surface area contributed by atoms with Gasteiger partial charge in [-0.3, -0.25) is 4.79 Å². The van der Waals surface area contributed by atoms with Crippen LogP contribution in [0.5, 0.6) is 5.75 Å². The maximum Gasteiger partial charge on any atom is 0.306 e. The molecule has 0 aliphatic heterocycles. The summed E-state index contributed by atoms with van der Waals surface area (Å²) < 4.78 is 15.2. The van der Waals surface area contributed by atoms with Crippen LogP contribution in [0.1, 0.15) is 43.9 Å². The van der Waals surface area contributed by atoms with E-state index in [1.807, 2.05) is 19.1 Å². The van der Waals surface area contributed by atoms with E-state index in [1.54, 1.807) is 7.11 Å². The lowest BCUT2D eigenvalue weighted by molar-refractivity contribution is -0.145. The second-order valence-electron chi connectivity index (χ2n) is 6.88. The first-order valence-corrected chi connectivity index (χ1v) is 8.31. The van der Waals surface area contributed by atoms with Gasteiger partial charge in [0.25, 0.3) is 0 Å². The van der Waals surface area contributed by atoms with E-state index in [4.69, 9.17) is 14.2 Å². The molecule has 0 aromatic heterocycles. The molecule has 0 aliphatic rings. The average Bonchev–Trinajstić information content (AvgIpc) is 2.50. The highest BCUT2D eigenvalue weighted by Crippen LogP contribution is 2.34. The van der Waals surface area contributed by atoms with Crippen LogP contribution in [0.25, 0.3) is 0 Å². The second-order valence-corrected chi connectivity index (χ2v) is 6.88. The number of aromatic hydroxyl groups is 1. The fourth-order valence-corrected chi connectivity index (χ4v) is 2.35. The Morgan fingerprint density at radius 1 is 1.12 bits per heavy atom. The molecule has 0 saturated heterocycles. The molecular weight excluding hydrogens is 308 g/mol. The Labute approximate surface area is 144 Å². The molecule has 1 rings (SSSR count). The third-order valence-corrected chi connectivity index (χ3v) is 3.71. The van der Waals surface area contributed by atoms with Gasteiger partial charge in [-0.15, -0.1) is 0 Å². The van der Waals surface area contributed by atoms with Gasteiger partial charge in [-0.1, -0.05) is 32.9 Å². The summed E-state index contributed by atoms with van der Waals surface area (Å²) in [6, 6.07) is 3.90. The average molecular weight is 338 g/mol. The van der Waals surface area contributed by atoms with Crippen molar-refractivity contribution in [1.82, 2.24) is 0 Å². The van der Waals surface area contributed by atoms with Crippen molar-refractivity contribution < 1.29 is 24.1 Å². The van der Waals surface area contributed by atoms with Crippen molar-refractivity contribution in [3.63, 3.8) is 0 Å². The number of phenolic OH excluding ortho intramolecular Hbond substituents is 1. The summed E-state index contributed by atoms with van der Waals surface area (Å²) in [7, 11) is 1.61. The molecular formula is C19H30O5. The number of methoxy groups -OCH3 is 1. The summed E-state index contributed by atoms with van der Waals surface area (Å²) in [6.07, 6.45) is 0.902. The Morgan fingerprint density at radius 2 is 1.79 bits per heavy atom. The Bertz CT molecular complexity index is 531. The monoisotopic (exact) mass is 338 g/mol. The minimum absolute atomic E-state index is 0.148. The van der Waals surface area contributed by atoms with E-state index in [-0.39, 0.29) is 18.0 Å². The number of hydrogen-bond acceptors (Lipinski definition) is 5. The number of carbonyl (C=O) groups excluding carboxylic acids is 1. The van der Waals surface area contributed by atoms with Crippen LogP contribution >= 0.6 is 0 Å². The zero-order valence-electron chi connectivity index (χ0n) is 15.5. The molecule has 136 valence electrons. The molecule has 0 fully saturated rings. The maximum atomic E-state index is 11.8. The van der Waals surface area contributed by atoms with Crippen LogP contribution in [0.15, 0.2) is 12.1 Å². The molecule has 5 nitrogen and oxygen atoms in total. The highest BCUT2D eigenvalue weighted by molar-refractivity contribution is 5.69. The van der Waals surface area contributed by atoms with Crippen LogP contribution in [-0.2, 0) is 30.8 Å². The van der Waals surface area contributed by atoms with E-state index >= 15 is 0 Å². The summed E-state index contributed by atoms with van der Waals surface area (Å²) in [6.45, 7) is 9.71. The lowest BCUT2D eigenvalue weighted by Gasteiger charge is -2.22. The largest absolute Gasteiger partial charge is 0.507 e. The SMILES string of the molecule is COCCOCCOC(=O)CCc1cc(C)c(O)c(C(C)(C)C)c1. The molecule has 5 heteroatoms. The third kappa shape index (κ3) is 6.89. The number of aryl methyl sites for hydroxylation is 2. The molecule has 0 spiro atoms. The minimum Gasteiger partial charge on any atom is -0.507 e. The fraction of sp³-hybridized carbons (Fsp3) is 0.632. The van der Waals surface area contributed by atoms with E-state index in [9.17, 15) is 9.90 Å². The van der Waals surface area contributed by atoms with Crippen LogP contribution in [-0.4, -0.2) is 44.6 Å². The Hall–Kier alpha value is -1.59. The van der Waals surface area contributed by atoms with Crippen molar-refractivity contribution in [1.29, 1.82) is 0 Å². The molecule has 0 saturated carbocycles. The van der Waals surface area contributed by atoms with E-state index in [2.05, 4.69) is 20.8 Å². The first-order chi connectivity index (χ1) is 11.3. The van der Waals surface area contributed by atoms with E-state index in [0.717, 1.165) is 16.7 Å². The van der Waals surface area contributed by atoms with Crippen molar-refractivity contribution >= 4 is 5.97 Å². The van der Waals surface area contributed by atoms with Crippen LogP contribution in [0.2, 0.25) is 0 Å². The Kier molecular flexibility index (Phi) is 8.22. The molecule has 24 heavy (non-hydrogen) atoms. The van der Waals surface area contributed by atoms with Gasteiger partial charge in [0, 0.05) is 13.5 Å². The standard InChI is InChI=1S/C19H30O5/c1-14-12-15(13-16(18(14)21)19(2,3)4)6-7-17(20)24-11-10-23-9-8-22-5/h12-13,21H,6-11H2,1-5H3. The lowest BCUT2D eigenvalue weighted by Crippen LogP contribution is -2.14. The van der Waals surface area contributed by atoms with Crippen molar-refractivity contribution in [2.24, 2.45) is 0 Å². The Balaban J connectivity index is 2.47. The van der Waals surface area contributed by atoms with E-state index in [1.165, 1.54) is 0 Å². The number of carbonyl (C=O) groups is 1.